The van der Waals surface area contributed by atoms with Gasteiger partial charge in [0.2, 0.25) is 0 Å². The molecule has 0 unspecified atom stereocenters. The van der Waals surface area contributed by atoms with Gasteiger partial charge in [0.25, 0.3) is 5.91 Å². The van der Waals surface area contributed by atoms with Crippen molar-refractivity contribution in [2.75, 3.05) is 27.4 Å². The molecule has 0 spiro atoms. The lowest BCUT2D eigenvalue weighted by molar-refractivity contribution is -0.197. The summed E-state index contributed by atoms with van der Waals surface area (Å²) in [6.07, 6.45) is -2.94. The second-order valence-corrected chi connectivity index (χ2v) is 7.00. The quantitative estimate of drug-likeness (QED) is 0.441. The number of methoxy groups -OCH3 is 2. The van der Waals surface area contributed by atoms with Gasteiger partial charge in [0, 0.05) is 32.4 Å². The zero-order valence-corrected chi connectivity index (χ0v) is 18.5. The smallest absolute Gasteiger partial charge is 0.303 e. The van der Waals surface area contributed by atoms with Crippen LogP contribution in [0.5, 0.6) is 11.5 Å². The molecule has 1 aliphatic heterocycles. The Morgan fingerprint density at radius 3 is 2.03 bits per heavy atom. The number of amides is 1. The molecular formula is C21H27NO10. The molecule has 11 heteroatoms. The third kappa shape index (κ3) is 6.84. The topological polar surface area (TPSA) is 136 Å². The van der Waals surface area contributed by atoms with Crippen LogP contribution in [0.2, 0.25) is 0 Å². The van der Waals surface area contributed by atoms with E-state index in [0.717, 1.165) is 0 Å². The van der Waals surface area contributed by atoms with Crippen molar-refractivity contribution < 1.29 is 47.6 Å². The van der Waals surface area contributed by atoms with Gasteiger partial charge in [-0.15, -0.1) is 0 Å². The molecule has 1 aromatic carbocycles. The molecule has 0 aromatic heterocycles. The minimum Gasteiger partial charge on any atom is -0.497 e. The highest BCUT2D eigenvalue weighted by Gasteiger charge is 2.45. The molecular weight excluding hydrogens is 426 g/mol. The molecule has 1 fully saturated rings. The van der Waals surface area contributed by atoms with Crippen molar-refractivity contribution >= 4 is 23.8 Å². The predicted octanol–water partition coefficient (Wildman–Crippen LogP) is 0.628. The largest absolute Gasteiger partial charge is 0.497 e. The zero-order valence-electron chi connectivity index (χ0n) is 18.5. The number of hydrogen-bond acceptors (Lipinski definition) is 10. The summed E-state index contributed by atoms with van der Waals surface area (Å²) >= 11 is 0. The van der Waals surface area contributed by atoms with Crippen molar-refractivity contribution in [2.24, 2.45) is 0 Å². The highest BCUT2D eigenvalue weighted by molar-refractivity contribution is 5.95. The summed E-state index contributed by atoms with van der Waals surface area (Å²) in [7, 11) is 2.89. The van der Waals surface area contributed by atoms with Crippen molar-refractivity contribution in [1.82, 2.24) is 5.32 Å². The van der Waals surface area contributed by atoms with E-state index in [0.29, 0.717) is 11.5 Å². The SMILES string of the molecule is COc1cc(OC)cc(C(=O)N[C@@H]2[C@@H](OC(C)=O)[C@@H](COC(C)=O)OC[C@@H]2OC(C)=O)c1. The van der Waals surface area contributed by atoms with Crippen LogP contribution >= 0.6 is 0 Å². The fourth-order valence-electron chi connectivity index (χ4n) is 3.21. The van der Waals surface area contributed by atoms with Gasteiger partial charge in [0.1, 0.15) is 36.4 Å². The fraction of sp³-hybridized carbons (Fsp3) is 0.524. The summed E-state index contributed by atoms with van der Waals surface area (Å²) in [4.78, 5) is 47.7. The molecule has 1 aromatic rings. The van der Waals surface area contributed by atoms with Gasteiger partial charge in [-0.3, -0.25) is 19.2 Å². The molecule has 1 heterocycles. The van der Waals surface area contributed by atoms with E-state index < -0.39 is 48.2 Å². The Morgan fingerprint density at radius 2 is 1.53 bits per heavy atom. The minimum atomic E-state index is -1.10. The summed E-state index contributed by atoms with van der Waals surface area (Å²) in [6.45, 7) is 3.28. The number of hydrogen-bond donors (Lipinski definition) is 1. The van der Waals surface area contributed by atoms with Crippen molar-refractivity contribution in [3.05, 3.63) is 23.8 Å². The molecule has 1 aliphatic rings. The standard InChI is InChI=1S/C21H27NO10/c1-11(23)29-10-18-20(32-13(3)25)19(17(9-30-18)31-12(2)24)22-21(26)14-6-15(27-4)8-16(7-14)28-5/h6-8,17-20H,9-10H2,1-5H3,(H,22,26)/t17-,18+,19-,20-/m0/s1. The molecule has 0 aliphatic carbocycles. The van der Waals surface area contributed by atoms with E-state index in [4.69, 9.17) is 28.4 Å². The van der Waals surface area contributed by atoms with Crippen LogP contribution in [0.1, 0.15) is 31.1 Å². The molecule has 11 nitrogen and oxygen atoms in total. The Bertz CT molecular complexity index is 833. The first-order chi connectivity index (χ1) is 15.1. The Morgan fingerprint density at radius 1 is 0.938 bits per heavy atom. The van der Waals surface area contributed by atoms with Crippen LogP contribution in [-0.2, 0) is 33.3 Å². The molecule has 1 saturated heterocycles. The molecule has 176 valence electrons. The summed E-state index contributed by atoms with van der Waals surface area (Å²) in [5.74, 6) is -1.60. The lowest BCUT2D eigenvalue weighted by Crippen LogP contribution is -2.63. The first kappa shape index (κ1) is 24.9. The van der Waals surface area contributed by atoms with Gasteiger partial charge in [0.05, 0.1) is 20.8 Å². The van der Waals surface area contributed by atoms with Crippen molar-refractivity contribution in [3.8, 4) is 11.5 Å². The molecule has 1 N–H and O–H groups in total. The molecule has 0 radical (unpaired) electrons. The van der Waals surface area contributed by atoms with Gasteiger partial charge in [-0.25, -0.2) is 0 Å². The number of benzene rings is 1. The van der Waals surface area contributed by atoms with Crippen molar-refractivity contribution in [2.45, 2.75) is 45.1 Å². The molecule has 0 bridgehead atoms. The molecule has 32 heavy (non-hydrogen) atoms. The molecule has 0 saturated carbocycles. The number of carbonyl (C=O) groups is 4. The monoisotopic (exact) mass is 453 g/mol. The van der Waals surface area contributed by atoms with E-state index in [9.17, 15) is 19.2 Å². The Kier molecular flexibility index (Phi) is 8.82. The lowest BCUT2D eigenvalue weighted by Gasteiger charge is -2.41. The maximum atomic E-state index is 13.1. The second-order valence-electron chi connectivity index (χ2n) is 7.00. The van der Waals surface area contributed by atoms with E-state index >= 15 is 0 Å². The van der Waals surface area contributed by atoms with E-state index in [2.05, 4.69) is 5.32 Å². The third-order valence-electron chi connectivity index (χ3n) is 4.58. The van der Waals surface area contributed by atoms with Gasteiger partial charge in [0.15, 0.2) is 6.10 Å². The maximum absolute atomic E-state index is 13.1. The summed E-state index contributed by atoms with van der Waals surface area (Å²) in [5, 5.41) is 2.74. The highest BCUT2D eigenvalue weighted by atomic mass is 16.6. The number of esters is 3. The zero-order chi connectivity index (χ0) is 23.8. The second kappa shape index (κ2) is 11.3. The van der Waals surface area contributed by atoms with Crippen LogP contribution in [0.15, 0.2) is 18.2 Å². The highest BCUT2D eigenvalue weighted by Crippen LogP contribution is 2.25. The number of carbonyl (C=O) groups excluding carboxylic acids is 4. The molecule has 4 atom stereocenters. The number of nitrogens with one attached hydrogen (secondary N) is 1. The van der Waals surface area contributed by atoms with Crippen LogP contribution in [0.25, 0.3) is 0 Å². The van der Waals surface area contributed by atoms with E-state index in [1.165, 1.54) is 47.1 Å². The number of rotatable bonds is 8. The predicted molar refractivity (Wildman–Crippen MR) is 108 cm³/mol. The first-order valence-corrected chi connectivity index (χ1v) is 9.78. The summed E-state index contributed by atoms with van der Waals surface area (Å²) in [6, 6.07) is 3.61. The summed E-state index contributed by atoms with van der Waals surface area (Å²) in [5.41, 5.74) is 0.201. The summed E-state index contributed by atoms with van der Waals surface area (Å²) < 4.78 is 31.7. The Labute approximate surface area is 185 Å². The van der Waals surface area contributed by atoms with Crippen molar-refractivity contribution in [3.63, 3.8) is 0 Å². The molecule has 2 rings (SSSR count). The lowest BCUT2D eigenvalue weighted by atomic mass is 9.96. The van der Waals surface area contributed by atoms with Crippen LogP contribution < -0.4 is 14.8 Å². The van der Waals surface area contributed by atoms with Gasteiger partial charge >= 0.3 is 17.9 Å². The third-order valence-corrected chi connectivity index (χ3v) is 4.58. The van der Waals surface area contributed by atoms with Gasteiger partial charge in [-0.2, -0.15) is 0 Å². The van der Waals surface area contributed by atoms with Gasteiger partial charge in [-0.1, -0.05) is 0 Å². The van der Waals surface area contributed by atoms with Gasteiger partial charge < -0.3 is 33.7 Å². The van der Waals surface area contributed by atoms with Crippen LogP contribution in [0.4, 0.5) is 0 Å². The Balaban J connectivity index is 2.36. The van der Waals surface area contributed by atoms with Crippen LogP contribution in [0.3, 0.4) is 0 Å². The van der Waals surface area contributed by atoms with Crippen molar-refractivity contribution in [1.29, 1.82) is 0 Å². The van der Waals surface area contributed by atoms with Gasteiger partial charge in [-0.05, 0) is 12.1 Å². The number of ether oxygens (including phenoxy) is 6. The average molecular weight is 453 g/mol. The van der Waals surface area contributed by atoms with Crippen LogP contribution in [-0.4, -0.2) is 75.6 Å². The normalized spacial score (nSPS) is 22.3. The minimum absolute atomic E-state index is 0.115. The Hall–Kier alpha value is -3.34. The van der Waals surface area contributed by atoms with E-state index in [1.54, 1.807) is 6.07 Å². The fourth-order valence-corrected chi connectivity index (χ4v) is 3.21. The van der Waals surface area contributed by atoms with E-state index in [1.807, 2.05) is 0 Å². The maximum Gasteiger partial charge on any atom is 0.303 e. The van der Waals surface area contributed by atoms with E-state index in [-0.39, 0.29) is 18.8 Å². The average Bonchev–Trinajstić information content (AvgIpc) is 2.73. The first-order valence-electron chi connectivity index (χ1n) is 9.78. The molecule has 1 amide bonds. The van der Waals surface area contributed by atoms with Crippen LogP contribution in [0, 0.1) is 0 Å².